The molecule has 0 aromatic heterocycles. The first-order valence-electron chi connectivity index (χ1n) is 9.32. The second-order valence-corrected chi connectivity index (χ2v) is 7.19. The Hall–Kier alpha value is -1.71. The molecule has 0 unspecified atom stereocenters. The Kier molecular flexibility index (Phi) is 12.6. The number of rotatable bonds is 9. The summed E-state index contributed by atoms with van der Waals surface area (Å²) < 4.78 is 10.9. The zero-order valence-electron chi connectivity index (χ0n) is 17.9. The van der Waals surface area contributed by atoms with Gasteiger partial charge in [0.15, 0.2) is 5.96 Å². The van der Waals surface area contributed by atoms with Crippen molar-refractivity contribution >= 4 is 35.8 Å². The van der Waals surface area contributed by atoms with Crippen LogP contribution in [0.2, 0.25) is 0 Å². The molecule has 28 heavy (non-hydrogen) atoms. The summed E-state index contributed by atoms with van der Waals surface area (Å²) in [4.78, 5) is 18.4. The fraction of sp³-hybridized carbons (Fsp3) is 0.600. The highest BCUT2D eigenvalue weighted by Gasteiger charge is 2.20. The number of nitrogens with one attached hydrogen (secondary N) is 2. The predicted molar refractivity (Wildman–Crippen MR) is 125 cm³/mol. The van der Waals surface area contributed by atoms with Crippen molar-refractivity contribution in [2.45, 2.75) is 27.7 Å². The minimum atomic E-state index is -0.385. The lowest BCUT2D eigenvalue weighted by molar-refractivity contribution is -0.128. The molecule has 7 nitrogen and oxygen atoms in total. The molecule has 1 rings (SSSR count). The van der Waals surface area contributed by atoms with E-state index < -0.39 is 0 Å². The Bertz CT molecular complexity index is 600. The lowest BCUT2D eigenvalue weighted by Crippen LogP contribution is -2.41. The molecule has 1 amide bonds. The summed E-state index contributed by atoms with van der Waals surface area (Å²) in [5, 5.41) is 6.16. The third-order valence-corrected chi connectivity index (χ3v) is 3.79. The van der Waals surface area contributed by atoms with E-state index >= 15 is 0 Å². The second kappa shape index (κ2) is 13.5. The van der Waals surface area contributed by atoms with Crippen molar-refractivity contribution in [3.8, 4) is 11.5 Å². The molecular formula is C20H35IN4O3. The number of carbonyl (C=O) groups excluding carboxylic acids is 1. The number of guanidine groups is 1. The number of aliphatic imine (C=N–C) groups is 1. The van der Waals surface area contributed by atoms with Gasteiger partial charge in [0.05, 0.1) is 20.2 Å². The van der Waals surface area contributed by atoms with Crippen molar-refractivity contribution in [1.82, 2.24) is 15.5 Å². The van der Waals surface area contributed by atoms with E-state index in [4.69, 9.17) is 9.47 Å². The molecule has 1 aromatic rings. The average molecular weight is 506 g/mol. The fourth-order valence-corrected chi connectivity index (χ4v) is 2.14. The van der Waals surface area contributed by atoms with Crippen LogP contribution in [0.25, 0.3) is 0 Å². The van der Waals surface area contributed by atoms with Gasteiger partial charge in [0.25, 0.3) is 0 Å². The third kappa shape index (κ3) is 10.0. The Morgan fingerprint density at radius 1 is 1.14 bits per heavy atom. The zero-order chi connectivity index (χ0) is 20.3. The van der Waals surface area contributed by atoms with Crippen LogP contribution in [0.3, 0.4) is 0 Å². The first-order valence-corrected chi connectivity index (χ1v) is 9.32. The van der Waals surface area contributed by atoms with Gasteiger partial charge in [-0.1, -0.05) is 20.8 Å². The fourth-order valence-electron chi connectivity index (χ4n) is 2.14. The minimum absolute atomic E-state index is 0. The molecule has 8 heteroatoms. The number of halogens is 1. The Balaban J connectivity index is 0.00000729. The van der Waals surface area contributed by atoms with E-state index in [1.165, 1.54) is 0 Å². The molecule has 0 aliphatic carbocycles. The molecular weight excluding hydrogens is 471 g/mol. The van der Waals surface area contributed by atoms with Crippen LogP contribution in [-0.4, -0.2) is 63.7 Å². The molecule has 0 saturated carbocycles. The molecule has 160 valence electrons. The van der Waals surface area contributed by atoms with Crippen molar-refractivity contribution in [3.63, 3.8) is 0 Å². The van der Waals surface area contributed by atoms with Gasteiger partial charge in [-0.2, -0.15) is 0 Å². The SMILES string of the molecule is CCNC(=NCCNC(=O)C(C)(C)C)N(C)CCOc1ccc(OC)cc1.I. The molecule has 0 radical (unpaired) electrons. The summed E-state index contributed by atoms with van der Waals surface area (Å²) in [6, 6.07) is 7.51. The highest BCUT2D eigenvalue weighted by Crippen LogP contribution is 2.16. The quantitative estimate of drug-likeness (QED) is 0.233. The van der Waals surface area contributed by atoms with Crippen LogP contribution in [0.15, 0.2) is 29.3 Å². The summed E-state index contributed by atoms with van der Waals surface area (Å²) >= 11 is 0. The van der Waals surface area contributed by atoms with E-state index in [9.17, 15) is 4.79 Å². The lowest BCUT2D eigenvalue weighted by atomic mass is 9.96. The maximum atomic E-state index is 11.9. The number of carbonyl (C=O) groups is 1. The van der Waals surface area contributed by atoms with E-state index in [1.807, 2.05) is 63.9 Å². The maximum Gasteiger partial charge on any atom is 0.225 e. The van der Waals surface area contributed by atoms with Crippen LogP contribution in [0.5, 0.6) is 11.5 Å². The summed E-state index contributed by atoms with van der Waals surface area (Å²) in [5.41, 5.74) is -0.385. The summed E-state index contributed by atoms with van der Waals surface area (Å²) in [6.45, 7) is 10.7. The van der Waals surface area contributed by atoms with Crippen molar-refractivity contribution in [2.24, 2.45) is 10.4 Å². The Morgan fingerprint density at radius 2 is 1.75 bits per heavy atom. The molecule has 0 heterocycles. The van der Waals surface area contributed by atoms with Gasteiger partial charge in [0, 0.05) is 25.6 Å². The van der Waals surface area contributed by atoms with Gasteiger partial charge in [0.2, 0.25) is 5.91 Å². The largest absolute Gasteiger partial charge is 0.497 e. The number of benzene rings is 1. The van der Waals surface area contributed by atoms with E-state index in [2.05, 4.69) is 15.6 Å². The van der Waals surface area contributed by atoms with Crippen LogP contribution >= 0.6 is 24.0 Å². The smallest absolute Gasteiger partial charge is 0.225 e. The summed E-state index contributed by atoms with van der Waals surface area (Å²) in [7, 11) is 3.60. The molecule has 0 fully saturated rings. The van der Waals surface area contributed by atoms with E-state index in [0.717, 1.165) is 24.0 Å². The number of hydrogen-bond donors (Lipinski definition) is 2. The molecule has 1 aromatic carbocycles. The van der Waals surface area contributed by atoms with Gasteiger partial charge in [-0.3, -0.25) is 9.79 Å². The van der Waals surface area contributed by atoms with Crippen LogP contribution in [0.1, 0.15) is 27.7 Å². The number of nitrogens with zero attached hydrogens (tertiary/aromatic N) is 2. The standard InChI is InChI=1S/C20H34N4O3.HI/c1-7-21-19(23-13-12-22-18(25)20(2,3)4)24(5)14-15-27-17-10-8-16(26-6)9-11-17;/h8-11H,7,12-15H2,1-6H3,(H,21,23)(H,22,25);1H. The van der Waals surface area contributed by atoms with Crippen molar-refractivity contribution < 1.29 is 14.3 Å². The number of likely N-dealkylation sites (N-methyl/N-ethyl adjacent to an activating group) is 1. The van der Waals surface area contributed by atoms with Gasteiger partial charge in [-0.15, -0.1) is 24.0 Å². The van der Waals surface area contributed by atoms with E-state index in [1.54, 1.807) is 7.11 Å². The number of amides is 1. The topological polar surface area (TPSA) is 75.2 Å². The summed E-state index contributed by atoms with van der Waals surface area (Å²) in [5.74, 6) is 2.43. The zero-order valence-corrected chi connectivity index (χ0v) is 20.2. The van der Waals surface area contributed by atoms with Gasteiger partial charge >= 0.3 is 0 Å². The predicted octanol–water partition coefficient (Wildman–Crippen LogP) is 2.75. The number of methoxy groups -OCH3 is 1. The highest BCUT2D eigenvalue weighted by atomic mass is 127. The summed E-state index contributed by atoms with van der Waals surface area (Å²) in [6.07, 6.45) is 0. The van der Waals surface area contributed by atoms with E-state index in [-0.39, 0.29) is 35.3 Å². The van der Waals surface area contributed by atoms with Gasteiger partial charge in [-0.25, -0.2) is 0 Å². The average Bonchev–Trinajstić information content (AvgIpc) is 2.63. The monoisotopic (exact) mass is 506 g/mol. The van der Waals surface area contributed by atoms with E-state index in [0.29, 0.717) is 26.2 Å². The molecule has 0 aliphatic rings. The number of hydrogen-bond acceptors (Lipinski definition) is 4. The second-order valence-electron chi connectivity index (χ2n) is 7.19. The normalized spacial score (nSPS) is 11.3. The molecule has 2 N–H and O–H groups in total. The highest BCUT2D eigenvalue weighted by molar-refractivity contribution is 14.0. The Labute approximate surface area is 186 Å². The molecule has 0 saturated heterocycles. The minimum Gasteiger partial charge on any atom is -0.497 e. The van der Waals surface area contributed by atoms with Crippen LogP contribution in [0, 0.1) is 5.41 Å². The lowest BCUT2D eigenvalue weighted by Gasteiger charge is -2.22. The Morgan fingerprint density at radius 3 is 2.29 bits per heavy atom. The van der Waals surface area contributed by atoms with Gasteiger partial charge < -0.3 is 25.0 Å². The molecule has 0 spiro atoms. The molecule has 0 atom stereocenters. The van der Waals surface area contributed by atoms with Gasteiger partial charge in [0.1, 0.15) is 18.1 Å². The van der Waals surface area contributed by atoms with Crippen molar-refractivity contribution in [3.05, 3.63) is 24.3 Å². The van der Waals surface area contributed by atoms with Crippen LogP contribution in [0.4, 0.5) is 0 Å². The molecule has 0 aliphatic heterocycles. The van der Waals surface area contributed by atoms with Crippen LogP contribution < -0.4 is 20.1 Å². The first-order chi connectivity index (χ1) is 12.8. The maximum absolute atomic E-state index is 11.9. The first kappa shape index (κ1) is 26.3. The van der Waals surface area contributed by atoms with Crippen molar-refractivity contribution in [2.75, 3.05) is 46.9 Å². The number of ether oxygens (including phenoxy) is 2. The molecule has 0 bridgehead atoms. The third-order valence-electron chi connectivity index (χ3n) is 3.79. The van der Waals surface area contributed by atoms with Crippen molar-refractivity contribution in [1.29, 1.82) is 0 Å². The van der Waals surface area contributed by atoms with Crippen LogP contribution in [-0.2, 0) is 4.79 Å². The van der Waals surface area contributed by atoms with Gasteiger partial charge in [-0.05, 0) is 31.2 Å².